The second kappa shape index (κ2) is 9.75. The molecule has 0 aromatic heterocycles. The van der Waals surface area contributed by atoms with Gasteiger partial charge in [-0.1, -0.05) is 10.2 Å². The van der Waals surface area contributed by atoms with Crippen LogP contribution in [0.3, 0.4) is 0 Å². The van der Waals surface area contributed by atoms with Crippen molar-refractivity contribution in [2.24, 2.45) is 16.1 Å². The Morgan fingerprint density at radius 2 is 1.94 bits per heavy atom. The van der Waals surface area contributed by atoms with Gasteiger partial charge in [-0.15, -0.1) is 0 Å². The molecule has 9 heteroatoms. The second-order valence-corrected chi connectivity index (χ2v) is 3.12. The minimum atomic E-state index is 0.0446. The van der Waals surface area contributed by atoms with Crippen LogP contribution in [0.4, 0.5) is 0 Å². The highest BCUT2D eigenvalue weighted by Crippen LogP contribution is 1.92. The Kier molecular flexibility index (Phi) is 8.66. The number of azide groups is 2. The van der Waals surface area contributed by atoms with E-state index in [1.54, 1.807) is 0 Å². The standard InChI is InChI=1S/C7H15N9/c8-7(5-13-15-10)6-16(11)4-2-1-3-12-14-9/h8H,1-6,11H2. The summed E-state index contributed by atoms with van der Waals surface area (Å²) in [6.07, 6.45) is 1.56. The maximum Gasteiger partial charge on any atom is 0.0651 e. The smallest absolute Gasteiger partial charge is 0.0651 e. The number of rotatable bonds is 9. The van der Waals surface area contributed by atoms with Crippen LogP contribution < -0.4 is 5.84 Å². The Morgan fingerprint density at radius 3 is 2.56 bits per heavy atom. The van der Waals surface area contributed by atoms with Crippen molar-refractivity contribution in [1.82, 2.24) is 5.01 Å². The fourth-order valence-corrected chi connectivity index (χ4v) is 1.03. The first-order valence-corrected chi connectivity index (χ1v) is 4.78. The highest BCUT2D eigenvalue weighted by atomic mass is 15.4. The molecule has 0 aromatic rings. The van der Waals surface area contributed by atoms with Gasteiger partial charge in [-0.25, -0.2) is 5.01 Å². The van der Waals surface area contributed by atoms with Crippen LogP contribution in [0.2, 0.25) is 0 Å². The number of nitrogens with zero attached hydrogens (tertiary/aromatic N) is 7. The predicted molar refractivity (Wildman–Crippen MR) is 60.7 cm³/mol. The van der Waals surface area contributed by atoms with Gasteiger partial charge in [-0.2, -0.15) is 0 Å². The zero-order valence-electron chi connectivity index (χ0n) is 8.95. The highest BCUT2D eigenvalue weighted by molar-refractivity contribution is 5.85. The van der Waals surface area contributed by atoms with Crippen LogP contribution in [0, 0.1) is 5.41 Å². The first kappa shape index (κ1) is 14.2. The summed E-state index contributed by atoms with van der Waals surface area (Å²) in [5.41, 5.74) is 16.4. The SMILES string of the molecule is [N-]=[N+]=NCCCCN(N)CC(=N)CN=[N+]=[N-]. The lowest BCUT2D eigenvalue weighted by atomic mass is 10.3. The van der Waals surface area contributed by atoms with Gasteiger partial charge >= 0.3 is 0 Å². The molecular weight excluding hydrogens is 210 g/mol. The molecule has 88 valence electrons. The summed E-state index contributed by atoms with van der Waals surface area (Å²) in [6.45, 7) is 1.39. The zero-order chi connectivity index (χ0) is 12.2. The lowest BCUT2D eigenvalue weighted by Crippen LogP contribution is -2.37. The quantitative estimate of drug-likeness (QED) is 0.116. The molecule has 0 saturated carbocycles. The molecular formula is C7H15N9. The summed E-state index contributed by atoms with van der Waals surface area (Å²) in [4.78, 5) is 5.19. The largest absolute Gasteiger partial charge is 0.308 e. The average molecular weight is 225 g/mol. The summed E-state index contributed by atoms with van der Waals surface area (Å²) in [5, 5.41) is 15.6. The normalized spacial score (nSPS) is 9.38. The van der Waals surface area contributed by atoms with E-state index < -0.39 is 0 Å². The lowest BCUT2D eigenvalue weighted by Gasteiger charge is -2.15. The van der Waals surface area contributed by atoms with Gasteiger partial charge in [0.1, 0.15) is 0 Å². The summed E-state index contributed by atoms with van der Waals surface area (Å²) >= 11 is 0. The van der Waals surface area contributed by atoms with E-state index in [2.05, 4.69) is 20.1 Å². The minimum Gasteiger partial charge on any atom is -0.308 e. The van der Waals surface area contributed by atoms with Gasteiger partial charge in [0, 0.05) is 28.6 Å². The van der Waals surface area contributed by atoms with E-state index >= 15 is 0 Å². The molecule has 0 aliphatic carbocycles. The van der Waals surface area contributed by atoms with E-state index in [1.807, 2.05) is 0 Å². The van der Waals surface area contributed by atoms with Crippen molar-refractivity contribution in [3.05, 3.63) is 20.9 Å². The van der Waals surface area contributed by atoms with Crippen molar-refractivity contribution in [3.8, 4) is 0 Å². The molecule has 0 heterocycles. The summed E-state index contributed by atoms with van der Waals surface area (Å²) in [6, 6.07) is 0. The number of hydrogen-bond donors (Lipinski definition) is 2. The fourth-order valence-electron chi connectivity index (χ4n) is 1.03. The highest BCUT2D eigenvalue weighted by Gasteiger charge is 2.02. The van der Waals surface area contributed by atoms with Gasteiger partial charge < -0.3 is 5.41 Å². The van der Waals surface area contributed by atoms with Gasteiger partial charge in [-0.05, 0) is 23.9 Å². The van der Waals surface area contributed by atoms with E-state index in [-0.39, 0.29) is 18.8 Å². The van der Waals surface area contributed by atoms with Gasteiger partial charge in [0.05, 0.1) is 13.1 Å². The van der Waals surface area contributed by atoms with Crippen LogP contribution in [-0.4, -0.2) is 36.9 Å². The van der Waals surface area contributed by atoms with Crippen molar-refractivity contribution in [2.45, 2.75) is 12.8 Å². The third-order valence-corrected chi connectivity index (χ3v) is 1.74. The Morgan fingerprint density at radius 1 is 1.25 bits per heavy atom. The molecule has 0 aliphatic heterocycles. The molecule has 16 heavy (non-hydrogen) atoms. The van der Waals surface area contributed by atoms with E-state index in [1.165, 1.54) is 5.01 Å². The molecule has 0 saturated heterocycles. The summed E-state index contributed by atoms with van der Waals surface area (Å²) in [7, 11) is 0. The monoisotopic (exact) mass is 225 g/mol. The Labute approximate surface area is 93.0 Å². The lowest BCUT2D eigenvalue weighted by molar-refractivity contribution is 0.315. The summed E-state index contributed by atoms with van der Waals surface area (Å²) < 4.78 is 0. The third kappa shape index (κ3) is 8.79. The van der Waals surface area contributed by atoms with E-state index in [0.29, 0.717) is 13.1 Å². The van der Waals surface area contributed by atoms with Crippen LogP contribution in [-0.2, 0) is 0 Å². The zero-order valence-corrected chi connectivity index (χ0v) is 8.95. The van der Waals surface area contributed by atoms with Crippen molar-refractivity contribution < 1.29 is 0 Å². The van der Waals surface area contributed by atoms with Crippen LogP contribution in [0.25, 0.3) is 20.9 Å². The van der Waals surface area contributed by atoms with E-state index in [0.717, 1.165) is 12.8 Å². The molecule has 0 amide bonds. The molecule has 0 fully saturated rings. The Balaban J connectivity index is 3.57. The molecule has 0 aliphatic rings. The Hall–Kier alpha value is -1.79. The molecule has 0 rings (SSSR count). The van der Waals surface area contributed by atoms with Crippen molar-refractivity contribution >= 4 is 5.71 Å². The molecule has 3 N–H and O–H groups in total. The Bertz CT molecular complexity index is 299. The first-order valence-electron chi connectivity index (χ1n) is 4.78. The van der Waals surface area contributed by atoms with E-state index in [4.69, 9.17) is 22.3 Å². The van der Waals surface area contributed by atoms with Gasteiger partial charge in [0.15, 0.2) is 0 Å². The average Bonchev–Trinajstić information content (AvgIpc) is 2.26. The van der Waals surface area contributed by atoms with E-state index in [9.17, 15) is 0 Å². The minimum absolute atomic E-state index is 0.0446. The number of nitrogens with one attached hydrogen (secondary N) is 1. The van der Waals surface area contributed by atoms with Gasteiger partial charge in [-0.3, -0.25) is 5.84 Å². The van der Waals surface area contributed by atoms with Crippen LogP contribution in [0.5, 0.6) is 0 Å². The number of hydrogen-bond acceptors (Lipinski definition) is 5. The fraction of sp³-hybridized carbons (Fsp3) is 0.857. The maximum atomic E-state index is 8.05. The summed E-state index contributed by atoms with van der Waals surface area (Å²) in [5.74, 6) is 5.62. The first-order chi connectivity index (χ1) is 7.70. The number of hydrazine groups is 1. The molecule has 9 nitrogen and oxygen atoms in total. The van der Waals surface area contributed by atoms with Crippen molar-refractivity contribution in [3.63, 3.8) is 0 Å². The number of unbranched alkanes of at least 4 members (excludes halogenated alkanes) is 1. The predicted octanol–water partition coefficient (Wildman–Crippen LogP) is 1.58. The number of nitrogens with two attached hydrogens (primary N) is 1. The molecule has 0 unspecified atom stereocenters. The van der Waals surface area contributed by atoms with Gasteiger partial charge in [0.2, 0.25) is 0 Å². The third-order valence-electron chi connectivity index (χ3n) is 1.74. The van der Waals surface area contributed by atoms with Gasteiger partial charge in [0.25, 0.3) is 0 Å². The van der Waals surface area contributed by atoms with Crippen molar-refractivity contribution in [1.29, 1.82) is 5.41 Å². The van der Waals surface area contributed by atoms with Crippen LogP contribution in [0.15, 0.2) is 10.2 Å². The maximum absolute atomic E-state index is 8.05. The molecule has 0 bridgehead atoms. The molecule has 0 radical (unpaired) electrons. The topological polar surface area (TPSA) is 151 Å². The molecule has 0 aromatic carbocycles. The van der Waals surface area contributed by atoms with Crippen molar-refractivity contribution in [2.75, 3.05) is 26.2 Å². The van der Waals surface area contributed by atoms with Crippen LogP contribution in [0.1, 0.15) is 12.8 Å². The second-order valence-electron chi connectivity index (χ2n) is 3.12. The molecule has 0 spiro atoms. The molecule has 0 atom stereocenters. The van der Waals surface area contributed by atoms with Crippen LogP contribution >= 0.6 is 0 Å².